The van der Waals surface area contributed by atoms with Crippen molar-refractivity contribution in [1.29, 1.82) is 0 Å². The number of benzene rings is 4. The van der Waals surface area contributed by atoms with E-state index in [0.717, 1.165) is 5.56 Å². The van der Waals surface area contributed by atoms with Crippen LogP contribution in [0.3, 0.4) is 0 Å². The van der Waals surface area contributed by atoms with Crippen molar-refractivity contribution in [2.45, 2.75) is 6.92 Å². The number of nitrogens with one attached hydrogen (secondary N) is 3. The number of amides is 2. The van der Waals surface area contributed by atoms with Gasteiger partial charge in [-0.3, -0.25) is 19.8 Å². The molecule has 4 aromatic rings. The molecule has 0 bridgehead atoms. The van der Waals surface area contributed by atoms with Crippen molar-refractivity contribution < 1.29 is 23.9 Å². The number of fused-ring (bicyclic) bond motifs is 1. The van der Waals surface area contributed by atoms with E-state index in [4.69, 9.17) is 9.47 Å². The first kappa shape index (κ1) is 27.9. The third-order valence-electron chi connectivity index (χ3n) is 6.60. The number of anilines is 3. The van der Waals surface area contributed by atoms with E-state index in [1.165, 1.54) is 14.2 Å². The van der Waals surface area contributed by atoms with Crippen LogP contribution in [0, 0.1) is 6.92 Å². The van der Waals surface area contributed by atoms with Gasteiger partial charge in [0.25, 0.3) is 11.8 Å². The molecule has 0 saturated heterocycles. The Kier molecular flexibility index (Phi) is 8.10. The number of ether oxygens (including phenoxy) is 2. The van der Waals surface area contributed by atoms with E-state index in [0.29, 0.717) is 45.3 Å². The molecule has 4 aromatic carbocycles. The van der Waals surface area contributed by atoms with Crippen molar-refractivity contribution in [3.05, 3.63) is 119 Å². The quantitative estimate of drug-likeness (QED) is 0.188. The number of nitrogens with zero attached hydrogens (tertiary/aromatic N) is 1. The van der Waals surface area contributed by atoms with Crippen LogP contribution in [0.5, 0.6) is 11.5 Å². The molecule has 5 rings (SSSR count). The number of Topliss-reactive ketones (excluding diaryl/α,β-unsaturated/α-hetero) is 1. The molecule has 0 aromatic heterocycles. The average molecular weight is 561 g/mol. The van der Waals surface area contributed by atoms with Crippen LogP contribution in [0.25, 0.3) is 6.08 Å². The Morgan fingerprint density at radius 2 is 1.43 bits per heavy atom. The fourth-order valence-corrected chi connectivity index (χ4v) is 4.48. The van der Waals surface area contributed by atoms with Crippen LogP contribution in [-0.2, 0) is 9.59 Å². The number of carbonyl (C=O) groups is 3. The standard InChI is InChI=1S/C33H28N4O5/c1-20-13-15-28(41-2)26(17-20)35-33(40)25-18-21-9-7-8-12-24(21)30(31(25)38)37-36-27-19-22(14-16-29(27)42-3)32(39)34-23-10-5-4-6-11-23/h4-19,36H,1-3H3,(H,34,39)(H,35,40)/b37-30-. The molecule has 0 aliphatic heterocycles. The molecule has 0 atom stereocenters. The summed E-state index contributed by atoms with van der Waals surface area (Å²) < 4.78 is 10.8. The minimum absolute atomic E-state index is 0.0376. The summed E-state index contributed by atoms with van der Waals surface area (Å²) in [5.41, 5.74) is 6.77. The lowest BCUT2D eigenvalue weighted by molar-refractivity contribution is -0.116. The lowest BCUT2D eigenvalue weighted by Gasteiger charge is -2.18. The van der Waals surface area contributed by atoms with Gasteiger partial charge in [-0.1, -0.05) is 48.5 Å². The zero-order valence-electron chi connectivity index (χ0n) is 23.2. The maximum atomic E-state index is 13.7. The Balaban J connectivity index is 1.45. The average Bonchev–Trinajstić information content (AvgIpc) is 3.00. The molecule has 1 aliphatic carbocycles. The lowest BCUT2D eigenvalue weighted by atomic mass is 9.89. The van der Waals surface area contributed by atoms with Crippen LogP contribution in [0.2, 0.25) is 0 Å². The summed E-state index contributed by atoms with van der Waals surface area (Å²) in [5, 5.41) is 10.0. The van der Waals surface area contributed by atoms with Gasteiger partial charge in [0, 0.05) is 16.8 Å². The Morgan fingerprint density at radius 1 is 0.738 bits per heavy atom. The summed E-state index contributed by atoms with van der Waals surface area (Å²) in [5.74, 6) is -0.609. The van der Waals surface area contributed by atoms with Crippen molar-refractivity contribution in [2.24, 2.45) is 5.10 Å². The van der Waals surface area contributed by atoms with Crippen LogP contribution < -0.4 is 25.5 Å². The van der Waals surface area contributed by atoms with E-state index >= 15 is 0 Å². The van der Waals surface area contributed by atoms with Crippen molar-refractivity contribution >= 4 is 46.4 Å². The fourth-order valence-electron chi connectivity index (χ4n) is 4.48. The molecular weight excluding hydrogens is 532 g/mol. The Labute approximate surface area is 242 Å². The largest absolute Gasteiger partial charge is 0.495 e. The molecule has 3 N–H and O–H groups in total. The van der Waals surface area contributed by atoms with E-state index < -0.39 is 11.7 Å². The monoisotopic (exact) mass is 560 g/mol. The van der Waals surface area contributed by atoms with E-state index in [-0.39, 0.29) is 17.2 Å². The Hall–Kier alpha value is -5.70. The zero-order chi connectivity index (χ0) is 29.6. The number of ketones is 1. The molecule has 42 heavy (non-hydrogen) atoms. The maximum Gasteiger partial charge on any atom is 0.259 e. The van der Waals surface area contributed by atoms with Gasteiger partial charge in [0.2, 0.25) is 5.78 Å². The number of hydrogen-bond acceptors (Lipinski definition) is 7. The summed E-state index contributed by atoms with van der Waals surface area (Å²) in [4.78, 5) is 39.9. The van der Waals surface area contributed by atoms with Crippen molar-refractivity contribution in [3.63, 3.8) is 0 Å². The topological polar surface area (TPSA) is 118 Å². The maximum absolute atomic E-state index is 13.7. The van der Waals surface area contributed by atoms with Gasteiger partial charge in [0.05, 0.1) is 31.2 Å². The van der Waals surface area contributed by atoms with Crippen LogP contribution >= 0.6 is 0 Å². The lowest BCUT2D eigenvalue weighted by Crippen LogP contribution is -2.30. The molecular formula is C33H28N4O5. The molecule has 0 radical (unpaired) electrons. The molecule has 2 amide bonds. The number of carbonyl (C=O) groups excluding carboxylic acids is 3. The van der Waals surface area contributed by atoms with Crippen LogP contribution in [0.15, 0.2) is 102 Å². The first-order chi connectivity index (χ1) is 20.4. The van der Waals surface area contributed by atoms with Gasteiger partial charge in [0.1, 0.15) is 17.2 Å². The molecule has 9 heteroatoms. The van der Waals surface area contributed by atoms with Gasteiger partial charge in [-0.15, -0.1) is 0 Å². The summed E-state index contributed by atoms with van der Waals surface area (Å²) in [7, 11) is 3.00. The molecule has 1 aliphatic rings. The van der Waals surface area contributed by atoms with Crippen molar-refractivity contribution in [1.82, 2.24) is 0 Å². The Morgan fingerprint density at radius 3 is 2.19 bits per heavy atom. The van der Waals surface area contributed by atoms with Crippen LogP contribution in [0.4, 0.5) is 17.1 Å². The highest BCUT2D eigenvalue weighted by atomic mass is 16.5. The van der Waals surface area contributed by atoms with Gasteiger partial charge >= 0.3 is 0 Å². The molecule has 0 saturated carbocycles. The second-order valence-corrected chi connectivity index (χ2v) is 9.44. The van der Waals surface area contributed by atoms with Gasteiger partial charge < -0.3 is 20.1 Å². The minimum atomic E-state index is -0.594. The summed E-state index contributed by atoms with van der Waals surface area (Å²) in [6.07, 6.45) is 1.55. The predicted octanol–water partition coefficient (Wildman–Crippen LogP) is 5.69. The molecule has 0 fully saturated rings. The van der Waals surface area contributed by atoms with Gasteiger partial charge in [-0.25, -0.2) is 0 Å². The summed E-state index contributed by atoms with van der Waals surface area (Å²) >= 11 is 0. The number of methoxy groups -OCH3 is 2. The van der Waals surface area contributed by atoms with Gasteiger partial charge in [-0.05, 0) is 66.6 Å². The first-order valence-corrected chi connectivity index (χ1v) is 13.1. The minimum Gasteiger partial charge on any atom is -0.495 e. The molecule has 0 spiro atoms. The smallest absolute Gasteiger partial charge is 0.259 e. The van der Waals surface area contributed by atoms with E-state index in [9.17, 15) is 14.4 Å². The number of rotatable bonds is 8. The van der Waals surface area contributed by atoms with E-state index in [1.807, 2.05) is 37.3 Å². The van der Waals surface area contributed by atoms with Gasteiger partial charge in [-0.2, -0.15) is 5.10 Å². The van der Waals surface area contributed by atoms with E-state index in [1.54, 1.807) is 66.7 Å². The second-order valence-electron chi connectivity index (χ2n) is 9.44. The molecule has 210 valence electrons. The van der Waals surface area contributed by atoms with Crippen LogP contribution in [-0.4, -0.2) is 37.5 Å². The first-order valence-electron chi connectivity index (χ1n) is 13.1. The van der Waals surface area contributed by atoms with Crippen LogP contribution in [0.1, 0.15) is 27.0 Å². The third kappa shape index (κ3) is 5.90. The SMILES string of the molecule is COc1ccc(C(=O)Nc2ccccc2)cc1N/N=C1\C(=O)C(C(=O)Nc2cc(C)ccc2OC)=Cc2ccccc21. The molecule has 0 unspecified atom stereocenters. The predicted molar refractivity (Wildman–Crippen MR) is 163 cm³/mol. The normalized spacial score (nSPS) is 13.1. The van der Waals surface area contributed by atoms with E-state index in [2.05, 4.69) is 21.2 Å². The molecule has 9 nitrogen and oxygen atoms in total. The summed E-state index contributed by atoms with van der Waals surface area (Å²) in [6, 6.07) is 26.4. The second kappa shape index (κ2) is 12.2. The Bertz CT molecular complexity index is 1740. The summed E-state index contributed by atoms with van der Waals surface area (Å²) in [6.45, 7) is 1.89. The van der Waals surface area contributed by atoms with Gasteiger partial charge in [0.15, 0.2) is 0 Å². The van der Waals surface area contributed by atoms with Crippen molar-refractivity contribution in [3.8, 4) is 11.5 Å². The number of aryl methyl sites for hydroxylation is 1. The highest BCUT2D eigenvalue weighted by Gasteiger charge is 2.30. The highest BCUT2D eigenvalue weighted by molar-refractivity contribution is 6.59. The fraction of sp³-hybridized carbons (Fsp3) is 0.0909. The zero-order valence-corrected chi connectivity index (χ0v) is 23.2. The highest BCUT2D eigenvalue weighted by Crippen LogP contribution is 2.30. The number of hydrazone groups is 1. The number of para-hydroxylation sites is 1. The third-order valence-corrected chi connectivity index (χ3v) is 6.60. The number of hydrogen-bond donors (Lipinski definition) is 3. The molecule has 0 heterocycles. The van der Waals surface area contributed by atoms with Crippen molar-refractivity contribution in [2.75, 3.05) is 30.3 Å².